The van der Waals surface area contributed by atoms with E-state index in [1.165, 1.54) is 0 Å². The number of nitrogens with zero attached hydrogens (tertiary/aromatic N) is 3. The Morgan fingerprint density at radius 2 is 1.94 bits per heavy atom. The highest BCUT2D eigenvalue weighted by Gasteiger charge is 2.28. The number of rotatable bonds is 10. The Morgan fingerprint density at radius 3 is 2.73 bits per heavy atom. The molecule has 1 aliphatic carbocycles. The fourth-order valence-electron chi connectivity index (χ4n) is 4.80. The molecule has 0 atom stereocenters. The molecule has 0 bridgehead atoms. The van der Waals surface area contributed by atoms with Gasteiger partial charge in [-0.15, -0.1) is 0 Å². The zero-order chi connectivity index (χ0) is 23.3. The molecular formula is C24H33N5O3S. The molecule has 0 amide bonds. The van der Waals surface area contributed by atoms with Crippen LogP contribution < -0.4 is 14.4 Å². The molecule has 1 saturated carbocycles. The van der Waals surface area contributed by atoms with E-state index in [1.54, 1.807) is 13.4 Å². The van der Waals surface area contributed by atoms with Gasteiger partial charge in [0.15, 0.2) is 0 Å². The maximum absolute atomic E-state index is 12.6. The third-order valence-electron chi connectivity index (χ3n) is 6.62. The highest BCUT2D eigenvalue weighted by Crippen LogP contribution is 2.32. The number of aromatic nitrogens is 3. The maximum Gasteiger partial charge on any atom is 0.211 e. The SMILES string of the molecule is COc1ccccc1CCCNS(=O)(=O)CC1CCC(N(C)c2ncnc3[nH]ccc23)CC1. The molecule has 3 aromatic rings. The zero-order valence-corrected chi connectivity index (χ0v) is 20.1. The summed E-state index contributed by atoms with van der Waals surface area (Å²) in [7, 11) is 0.442. The first-order valence-corrected chi connectivity index (χ1v) is 13.2. The van der Waals surface area contributed by atoms with Crippen LogP contribution in [0.2, 0.25) is 0 Å². The number of hydrogen-bond donors (Lipinski definition) is 2. The number of ether oxygens (including phenoxy) is 1. The van der Waals surface area contributed by atoms with Crippen molar-refractivity contribution < 1.29 is 13.2 Å². The lowest BCUT2D eigenvalue weighted by atomic mass is 9.86. The molecule has 2 heterocycles. The average Bonchev–Trinajstić information content (AvgIpc) is 3.31. The van der Waals surface area contributed by atoms with Crippen molar-refractivity contribution >= 4 is 26.9 Å². The number of sulfonamides is 1. The molecule has 0 radical (unpaired) electrons. The van der Waals surface area contributed by atoms with E-state index in [2.05, 4.69) is 31.6 Å². The molecule has 8 nitrogen and oxygen atoms in total. The standard InChI is InChI=1S/C24H33N5O3S/c1-29(24-21-13-15-25-23(21)26-17-27-24)20-11-9-18(10-12-20)16-33(30,31)28-14-5-7-19-6-3-4-8-22(19)32-2/h3-4,6,8,13,15,17-18,20,28H,5,7,9-12,14,16H2,1-2H3,(H,25,26,27). The quantitative estimate of drug-likeness (QED) is 0.439. The molecule has 0 unspecified atom stereocenters. The second-order valence-electron chi connectivity index (χ2n) is 8.81. The first-order chi connectivity index (χ1) is 16.0. The number of methoxy groups -OCH3 is 1. The van der Waals surface area contributed by atoms with Gasteiger partial charge in [-0.25, -0.2) is 23.1 Å². The Hall–Kier alpha value is -2.65. The van der Waals surface area contributed by atoms with Crippen molar-refractivity contribution in [1.29, 1.82) is 0 Å². The number of H-pyrrole nitrogens is 1. The Labute approximate surface area is 195 Å². The van der Waals surface area contributed by atoms with Gasteiger partial charge in [-0.1, -0.05) is 18.2 Å². The van der Waals surface area contributed by atoms with Crippen LogP contribution in [0, 0.1) is 5.92 Å². The van der Waals surface area contributed by atoms with Gasteiger partial charge in [0.25, 0.3) is 0 Å². The van der Waals surface area contributed by atoms with Crippen LogP contribution >= 0.6 is 0 Å². The number of benzene rings is 1. The van der Waals surface area contributed by atoms with E-state index in [0.717, 1.165) is 66.7 Å². The minimum atomic E-state index is -3.28. The van der Waals surface area contributed by atoms with Gasteiger partial charge in [0.1, 0.15) is 23.5 Å². The summed E-state index contributed by atoms with van der Waals surface area (Å²) >= 11 is 0. The van der Waals surface area contributed by atoms with Crippen LogP contribution in [0.4, 0.5) is 5.82 Å². The van der Waals surface area contributed by atoms with Gasteiger partial charge in [0.05, 0.1) is 18.2 Å². The molecule has 1 fully saturated rings. The lowest BCUT2D eigenvalue weighted by molar-refractivity contribution is 0.340. The predicted molar refractivity (Wildman–Crippen MR) is 131 cm³/mol. The van der Waals surface area contributed by atoms with E-state index >= 15 is 0 Å². The molecule has 2 N–H and O–H groups in total. The van der Waals surface area contributed by atoms with E-state index in [-0.39, 0.29) is 11.7 Å². The molecule has 0 aliphatic heterocycles. The van der Waals surface area contributed by atoms with Gasteiger partial charge in [-0.2, -0.15) is 0 Å². The zero-order valence-electron chi connectivity index (χ0n) is 19.3. The lowest BCUT2D eigenvalue weighted by Crippen LogP contribution is -2.38. The summed E-state index contributed by atoms with van der Waals surface area (Å²) in [5.74, 6) is 2.17. The molecule has 33 heavy (non-hydrogen) atoms. The average molecular weight is 472 g/mol. The van der Waals surface area contributed by atoms with Crippen LogP contribution in [0.15, 0.2) is 42.9 Å². The molecule has 1 aromatic carbocycles. The van der Waals surface area contributed by atoms with Crippen LogP contribution in [0.1, 0.15) is 37.7 Å². The Morgan fingerprint density at radius 1 is 1.15 bits per heavy atom. The van der Waals surface area contributed by atoms with Gasteiger partial charge in [-0.3, -0.25) is 0 Å². The van der Waals surface area contributed by atoms with Crippen molar-refractivity contribution in [3.05, 3.63) is 48.4 Å². The highest BCUT2D eigenvalue weighted by atomic mass is 32.2. The van der Waals surface area contributed by atoms with Gasteiger partial charge < -0.3 is 14.6 Å². The smallest absolute Gasteiger partial charge is 0.211 e. The third kappa shape index (κ3) is 5.83. The largest absolute Gasteiger partial charge is 0.496 e. The van der Waals surface area contributed by atoms with E-state index < -0.39 is 10.0 Å². The molecule has 0 saturated heterocycles. The van der Waals surface area contributed by atoms with Crippen molar-refractivity contribution in [2.45, 2.75) is 44.6 Å². The number of hydrogen-bond acceptors (Lipinski definition) is 6. The molecule has 178 valence electrons. The summed E-state index contributed by atoms with van der Waals surface area (Å²) in [5, 5.41) is 1.02. The maximum atomic E-state index is 12.6. The predicted octanol–water partition coefficient (Wildman–Crippen LogP) is 3.51. The molecule has 0 spiro atoms. The van der Waals surface area contributed by atoms with E-state index in [1.807, 2.05) is 36.5 Å². The summed E-state index contributed by atoms with van der Waals surface area (Å²) < 4.78 is 33.4. The third-order valence-corrected chi connectivity index (χ3v) is 8.18. The summed E-state index contributed by atoms with van der Waals surface area (Å²) in [6.45, 7) is 0.443. The van der Waals surface area contributed by atoms with Crippen LogP contribution in [-0.4, -0.2) is 55.9 Å². The van der Waals surface area contributed by atoms with Crippen molar-refractivity contribution in [2.75, 3.05) is 31.4 Å². The highest BCUT2D eigenvalue weighted by molar-refractivity contribution is 7.89. The second-order valence-corrected chi connectivity index (χ2v) is 10.7. The van der Waals surface area contributed by atoms with Gasteiger partial charge in [0, 0.05) is 25.8 Å². The molecule has 1 aliphatic rings. The molecule has 9 heteroatoms. The second kappa shape index (κ2) is 10.5. The van der Waals surface area contributed by atoms with Crippen molar-refractivity contribution in [1.82, 2.24) is 19.7 Å². The molecular weight excluding hydrogens is 438 g/mol. The van der Waals surface area contributed by atoms with Crippen molar-refractivity contribution in [2.24, 2.45) is 5.92 Å². The lowest BCUT2D eigenvalue weighted by Gasteiger charge is -2.35. The number of anilines is 1. The van der Waals surface area contributed by atoms with E-state index in [9.17, 15) is 8.42 Å². The van der Waals surface area contributed by atoms with Gasteiger partial charge in [0.2, 0.25) is 10.0 Å². The number of aromatic amines is 1. The Bertz CT molecular complexity index is 1160. The van der Waals surface area contributed by atoms with Crippen molar-refractivity contribution in [3.8, 4) is 5.75 Å². The fraction of sp³-hybridized carbons (Fsp3) is 0.500. The van der Waals surface area contributed by atoms with Crippen LogP contribution in [0.25, 0.3) is 11.0 Å². The van der Waals surface area contributed by atoms with Crippen LogP contribution in [0.3, 0.4) is 0 Å². The van der Waals surface area contributed by atoms with Crippen LogP contribution in [0.5, 0.6) is 5.75 Å². The van der Waals surface area contributed by atoms with E-state index in [0.29, 0.717) is 12.6 Å². The number of aryl methyl sites for hydroxylation is 1. The first kappa shape index (κ1) is 23.5. The number of nitrogens with one attached hydrogen (secondary N) is 2. The fourth-order valence-corrected chi connectivity index (χ4v) is 6.32. The van der Waals surface area contributed by atoms with E-state index in [4.69, 9.17) is 4.74 Å². The minimum Gasteiger partial charge on any atom is -0.496 e. The number of fused-ring (bicyclic) bond motifs is 1. The van der Waals surface area contributed by atoms with Gasteiger partial charge in [-0.05, 0) is 62.1 Å². The van der Waals surface area contributed by atoms with Crippen LogP contribution in [-0.2, 0) is 16.4 Å². The Balaban J connectivity index is 1.23. The monoisotopic (exact) mass is 471 g/mol. The topological polar surface area (TPSA) is 100 Å². The molecule has 2 aromatic heterocycles. The van der Waals surface area contributed by atoms with Crippen molar-refractivity contribution in [3.63, 3.8) is 0 Å². The molecule has 4 rings (SSSR count). The summed E-state index contributed by atoms with van der Waals surface area (Å²) in [6.07, 6.45) is 8.70. The summed E-state index contributed by atoms with van der Waals surface area (Å²) in [6, 6.07) is 10.2. The summed E-state index contributed by atoms with van der Waals surface area (Å²) in [4.78, 5) is 14.1. The Kier molecular flexibility index (Phi) is 7.49. The van der Waals surface area contributed by atoms with Gasteiger partial charge >= 0.3 is 0 Å². The normalized spacial score (nSPS) is 19.0. The number of para-hydroxylation sites is 1. The summed E-state index contributed by atoms with van der Waals surface area (Å²) in [5.41, 5.74) is 1.94. The minimum absolute atomic E-state index is 0.194. The first-order valence-electron chi connectivity index (χ1n) is 11.6.